The third-order valence-corrected chi connectivity index (χ3v) is 5.45. The third kappa shape index (κ3) is 3.37. The third-order valence-electron chi connectivity index (χ3n) is 3.30. The Kier molecular flexibility index (Phi) is 4.86. The SMILES string of the molecule is CCn1c(SCc2ccc(Cl)cc2)nnc1-c1csc(C)c1. The van der Waals surface area contributed by atoms with Crippen LogP contribution in [0.1, 0.15) is 17.4 Å². The van der Waals surface area contributed by atoms with Crippen LogP contribution in [0.4, 0.5) is 0 Å². The van der Waals surface area contributed by atoms with E-state index in [1.54, 1.807) is 23.1 Å². The lowest BCUT2D eigenvalue weighted by Gasteiger charge is -2.06. The first kappa shape index (κ1) is 15.6. The van der Waals surface area contributed by atoms with E-state index in [1.165, 1.54) is 10.4 Å². The van der Waals surface area contributed by atoms with Crippen molar-refractivity contribution in [3.8, 4) is 11.4 Å². The van der Waals surface area contributed by atoms with Crippen molar-refractivity contribution in [1.29, 1.82) is 0 Å². The molecule has 0 bridgehead atoms. The van der Waals surface area contributed by atoms with Gasteiger partial charge in [0.1, 0.15) is 0 Å². The van der Waals surface area contributed by atoms with Gasteiger partial charge in [-0.2, -0.15) is 0 Å². The molecule has 22 heavy (non-hydrogen) atoms. The summed E-state index contributed by atoms with van der Waals surface area (Å²) in [5.41, 5.74) is 2.38. The van der Waals surface area contributed by atoms with Gasteiger partial charge in [0.05, 0.1) is 0 Å². The number of thioether (sulfide) groups is 1. The fourth-order valence-electron chi connectivity index (χ4n) is 2.18. The van der Waals surface area contributed by atoms with Crippen LogP contribution in [0, 0.1) is 6.92 Å². The zero-order valence-electron chi connectivity index (χ0n) is 12.4. The number of hydrogen-bond donors (Lipinski definition) is 0. The minimum atomic E-state index is 0.764. The van der Waals surface area contributed by atoms with Gasteiger partial charge in [0.2, 0.25) is 0 Å². The predicted octanol–water partition coefficient (Wildman–Crippen LogP) is 5.28. The molecule has 0 unspecified atom stereocenters. The second kappa shape index (κ2) is 6.86. The van der Waals surface area contributed by atoms with E-state index in [0.29, 0.717) is 0 Å². The van der Waals surface area contributed by atoms with E-state index in [2.05, 4.69) is 40.1 Å². The second-order valence-corrected chi connectivity index (χ2v) is 7.41. The number of halogens is 1. The Balaban J connectivity index is 1.79. The summed E-state index contributed by atoms with van der Waals surface area (Å²) >= 11 is 9.36. The number of aryl methyl sites for hydroxylation is 1. The summed E-state index contributed by atoms with van der Waals surface area (Å²) < 4.78 is 2.17. The Hall–Kier alpha value is -1.30. The zero-order valence-corrected chi connectivity index (χ0v) is 14.8. The van der Waals surface area contributed by atoms with Gasteiger partial charge in [0, 0.05) is 33.1 Å². The molecule has 3 aromatic rings. The fraction of sp³-hybridized carbons (Fsp3) is 0.250. The van der Waals surface area contributed by atoms with Crippen LogP contribution in [0.15, 0.2) is 40.9 Å². The molecule has 0 N–H and O–H groups in total. The van der Waals surface area contributed by atoms with E-state index < -0.39 is 0 Å². The van der Waals surface area contributed by atoms with Crippen molar-refractivity contribution in [2.24, 2.45) is 0 Å². The molecule has 3 rings (SSSR count). The van der Waals surface area contributed by atoms with Crippen LogP contribution in [0.2, 0.25) is 5.02 Å². The first-order chi connectivity index (χ1) is 10.7. The van der Waals surface area contributed by atoms with Gasteiger partial charge in [-0.15, -0.1) is 21.5 Å². The minimum Gasteiger partial charge on any atom is -0.302 e. The summed E-state index contributed by atoms with van der Waals surface area (Å²) in [6.45, 7) is 5.09. The quantitative estimate of drug-likeness (QED) is 0.587. The Morgan fingerprint density at radius 2 is 2.00 bits per heavy atom. The molecule has 2 heterocycles. The van der Waals surface area contributed by atoms with Gasteiger partial charge in [-0.05, 0) is 37.6 Å². The summed E-state index contributed by atoms with van der Waals surface area (Å²) in [6, 6.07) is 10.1. The molecule has 0 saturated heterocycles. The van der Waals surface area contributed by atoms with Crippen molar-refractivity contribution in [2.45, 2.75) is 31.3 Å². The van der Waals surface area contributed by atoms with Crippen LogP contribution in [0.3, 0.4) is 0 Å². The summed E-state index contributed by atoms with van der Waals surface area (Å²) in [5.74, 6) is 1.81. The largest absolute Gasteiger partial charge is 0.302 e. The van der Waals surface area contributed by atoms with E-state index >= 15 is 0 Å². The van der Waals surface area contributed by atoms with Crippen LogP contribution in [-0.4, -0.2) is 14.8 Å². The van der Waals surface area contributed by atoms with Crippen molar-refractivity contribution in [1.82, 2.24) is 14.8 Å². The maximum absolute atomic E-state index is 5.92. The molecule has 0 saturated carbocycles. The van der Waals surface area contributed by atoms with Gasteiger partial charge in [-0.1, -0.05) is 35.5 Å². The topological polar surface area (TPSA) is 30.7 Å². The molecule has 0 atom stereocenters. The molecule has 0 aliphatic rings. The summed E-state index contributed by atoms with van der Waals surface area (Å²) in [4.78, 5) is 1.29. The van der Waals surface area contributed by atoms with E-state index in [0.717, 1.165) is 33.9 Å². The van der Waals surface area contributed by atoms with E-state index in [4.69, 9.17) is 11.6 Å². The monoisotopic (exact) mass is 349 g/mol. The Labute approximate surface area is 143 Å². The van der Waals surface area contributed by atoms with Gasteiger partial charge in [-0.25, -0.2) is 0 Å². The van der Waals surface area contributed by atoms with Gasteiger partial charge in [0.25, 0.3) is 0 Å². The lowest BCUT2D eigenvalue weighted by Crippen LogP contribution is -1.99. The van der Waals surface area contributed by atoms with Gasteiger partial charge in [-0.3, -0.25) is 0 Å². The van der Waals surface area contributed by atoms with Crippen molar-refractivity contribution in [3.05, 3.63) is 51.2 Å². The Morgan fingerprint density at radius 1 is 1.23 bits per heavy atom. The molecule has 3 nitrogen and oxygen atoms in total. The Bertz CT molecular complexity index is 762. The molecule has 0 fully saturated rings. The van der Waals surface area contributed by atoms with Crippen LogP contribution >= 0.6 is 34.7 Å². The number of thiophene rings is 1. The maximum atomic E-state index is 5.92. The van der Waals surface area contributed by atoms with Crippen LogP contribution < -0.4 is 0 Å². The number of benzene rings is 1. The first-order valence-corrected chi connectivity index (χ1v) is 9.27. The van der Waals surface area contributed by atoms with Gasteiger partial charge >= 0.3 is 0 Å². The van der Waals surface area contributed by atoms with Crippen molar-refractivity contribution in [2.75, 3.05) is 0 Å². The minimum absolute atomic E-state index is 0.764. The highest BCUT2D eigenvalue weighted by Crippen LogP contribution is 2.29. The molecular formula is C16H16ClN3S2. The molecule has 2 aromatic heterocycles. The van der Waals surface area contributed by atoms with E-state index in [9.17, 15) is 0 Å². The van der Waals surface area contributed by atoms with Gasteiger partial charge in [0.15, 0.2) is 11.0 Å². The van der Waals surface area contributed by atoms with Crippen molar-refractivity contribution >= 4 is 34.7 Å². The normalized spacial score (nSPS) is 11.0. The highest BCUT2D eigenvalue weighted by molar-refractivity contribution is 7.98. The fourth-order valence-corrected chi connectivity index (χ4v) is 3.95. The standard InChI is InChI=1S/C16H16ClN3S2/c1-3-20-15(13-8-11(2)21-10-13)18-19-16(20)22-9-12-4-6-14(17)7-5-12/h4-8,10H,3,9H2,1-2H3. The molecule has 0 radical (unpaired) electrons. The highest BCUT2D eigenvalue weighted by atomic mass is 35.5. The molecule has 114 valence electrons. The molecule has 0 amide bonds. The van der Waals surface area contributed by atoms with Crippen molar-refractivity contribution in [3.63, 3.8) is 0 Å². The molecule has 1 aromatic carbocycles. The number of hydrogen-bond acceptors (Lipinski definition) is 4. The zero-order chi connectivity index (χ0) is 15.5. The summed E-state index contributed by atoms with van der Waals surface area (Å²) in [6.07, 6.45) is 0. The number of rotatable bonds is 5. The van der Waals surface area contributed by atoms with E-state index in [-0.39, 0.29) is 0 Å². The lowest BCUT2D eigenvalue weighted by atomic mass is 10.2. The maximum Gasteiger partial charge on any atom is 0.191 e. The van der Waals surface area contributed by atoms with E-state index in [1.807, 2.05) is 24.3 Å². The molecule has 0 aliphatic carbocycles. The van der Waals surface area contributed by atoms with Crippen LogP contribution in [0.5, 0.6) is 0 Å². The smallest absolute Gasteiger partial charge is 0.191 e. The van der Waals surface area contributed by atoms with Crippen LogP contribution in [0.25, 0.3) is 11.4 Å². The average Bonchev–Trinajstić information content (AvgIpc) is 3.12. The summed E-state index contributed by atoms with van der Waals surface area (Å²) in [7, 11) is 0. The number of aromatic nitrogens is 3. The lowest BCUT2D eigenvalue weighted by molar-refractivity contribution is 0.687. The predicted molar refractivity (Wildman–Crippen MR) is 94.8 cm³/mol. The second-order valence-electron chi connectivity index (χ2n) is 4.91. The number of nitrogens with zero attached hydrogens (tertiary/aromatic N) is 3. The Morgan fingerprint density at radius 3 is 2.64 bits per heavy atom. The van der Waals surface area contributed by atoms with Gasteiger partial charge < -0.3 is 4.57 Å². The van der Waals surface area contributed by atoms with Crippen molar-refractivity contribution < 1.29 is 0 Å². The average molecular weight is 350 g/mol. The molecule has 0 aliphatic heterocycles. The molecule has 0 spiro atoms. The molecular weight excluding hydrogens is 334 g/mol. The molecule has 6 heteroatoms. The summed E-state index contributed by atoms with van der Waals surface area (Å²) in [5, 5.41) is 12.6. The van der Waals surface area contributed by atoms with Crippen LogP contribution in [-0.2, 0) is 12.3 Å². The first-order valence-electron chi connectivity index (χ1n) is 7.03. The highest BCUT2D eigenvalue weighted by Gasteiger charge is 2.14.